The van der Waals surface area contributed by atoms with Crippen molar-refractivity contribution in [1.82, 2.24) is 10.2 Å². The quantitative estimate of drug-likeness (QED) is 0.704. The summed E-state index contributed by atoms with van der Waals surface area (Å²) in [4.78, 5) is 26.1. The van der Waals surface area contributed by atoms with E-state index in [0.29, 0.717) is 35.3 Å². The zero-order valence-corrected chi connectivity index (χ0v) is 15.9. The summed E-state index contributed by atoms with van der Waals surface area (Å²) < 4.78 is 5.02. The van der Waals surface area contributed by atoms with E-state index in [1.807, 2.05) is 0 Å². The molecule has 1 aromatic heterocycles. The summed E-state index contributed by atoms with van der Waals surface area (Å²) in [5, 5.41) is 2.93. The van der Waals surface area contributed by atoms with Crippen molar-refractivity contribution in [2.45, 2.75) is 48.0 Å². The number of nitrogens with zero attached hydrogens (tertiary/aromatic N) is 1. The lowest BCUT2D eigenvalue weighted by Crippen LogP contribution is -2.34. The van der Waals surface area contributed by atoms with Crippen LogP contribution in [0.4, 0.5) is 0 Å². The zero-order chi connectivity index (χ0) is 18.3. The molecule has 0 unspecified atom stereocenters. The van der Waals surface area contributed by atoms with Crippen molar-refractivity contribution in [3.05, 3.63) is 33.4 Å². The van der Waals surface area contributed by atoms with Gasteiger partial charge in [0.25, 0.3) is 5.91 Å². The smallest absolute Gasteiger partial charge is 0.336 e. The molecule has 0 aliphatic rings. The Morgan fingerprint density at radius 3 is 2.25 bits per heavy atom. The van der Waals surface area contributed by atoms with Gasteiger partial charge in [-0.15, -0.1) is 0 Å². The molecule has 0 atom stereocenters. The first-order valence-electron chi connectivity index (χ1n) is 8.82. The van der Waals surface area contributed by atoms with E-state index in [2.05, 4.69) is 37.9 Å². The van der Waals surface area contributed by atoms with Crippen LogP contribution in [0.2, 0.25) is 0 Å². The molecule has 0 spiro atoms. The van der Waals surface area contributed by atoms with E-state index in [1.165, 1.54) is 6.07 Å². The van der Waals surface area contributed by atoms with Crippen molar-refractivity contribution in [2.24, 2.45) is 11.8 Å². The third-order valence-electron chi connectivity index (χ3n) is 3.74. The van der Waals surface area contributed by atoms with Gasteiger partial charge in [-0.2, -0.15) is 0 Å². The fourth-order valence-corrected chi connectivity index (χ4v) is 2.98. The molecule has 0 radical (unpaired) electrons. The Kier molecular flexibility index (Phi) is 8.19. The Morgan fingerprint density at radius 1 is 1.17 bits per heavy atom. The van der Waals surface area contributed by atoms with Gasteiger partial charge in [-0.25, -0.2) is 4.79 Å². The summed E-state index contributed by atoms with van der Waals surface area (Å²) in [6.45, 7) is 16.0. The number of carbonyl (C=O) groups excluding carboxylic acids is 1. The van der Waals surface area contributed by atoms with Crippen LogP contribution >= 0.6 is 0 Å². The molecule has 0 aromatic carbocycles. The molecular weight excluding hydrogens is 304 g/mol. The second-order valence-electron chi connectivity index (χ2n) is 7.34. The molecule has 0 fully saturated rings. The van der Waals surface area contributed by atoms with Crippen molar-refractivity contribution in [2.75, 3.05) is 26.2 Å². The Hall–Kier alpha value is -1.62. The van der Waals surface area contributed by atoms with Gasteiger partial charge < -0.3 is 14.6 Å². The first-order chi connectivity index (χ1) is 11.2. The summed E-state index contributed by atoms with van der Waals surface area (Å²) >= 11 is 0. The van der Waals surface area contributed by atoms with E-state index in [1.54, 1.807) is 13.8 Å². The number of aryl methyl sites for hydroxylation is 2. The van der Waals surface area contributed by atoms with Gasteiger partial charge in [0.15, 0.2) is 0 Å². The van der Waals surface area contributed by atoms with E-state index in [9.17, 15) is 9.59 Å². The van der Waals surface area contributed by atoms with Gasteiger partial charge in [0, 0.05) is 25.7 Å². The number of hydrogen-bond donors (Lipinski definition) is 1. The summed E-state index contributed by atoms with van der Waals surface area (Å²) in [5.41, 5.74) is 0.706. The number of nitrogens with one attached hydrogen (secondary N) is 1. The third-order valence-corrected chi connectivity index (χ3v) is 3.74. The van der Waals surface area contributed by atoms with Crippen LogP contribution in [-0.2, 0) is 0 Å². The molecule has 1 aromatic rings. The van der Waals surface area contributed by atoms with Crippen molar-refractivity contribution in [3.63, 3.8) is 0 Å². The average Bonchev–Trinajstić information content (AvgIpc) is 2.40. The molecule has 5 heteroatoms. The third kappa shape index (κ3) is 6.87. The molecule has 24 heavy (non-hydrogen) atoms. The second kappa shape index (κ2) is 9.62. The molecule has 1 amide bonds. The summed E-state index contributed by atoms with van der Waals surface area (Å²) in [5.74, 6) is 1.47. The molecule has 1 heterocycles. The minimum absolute atomic E-state index is 0.173. The first kappa shape index (κ1) is 20.4. The standard InChI is InChI=1S/C19H32N2O3/c1-13(2)11-21(12-14(3)4)9-7-8-20-19(23)18-15(5)10-17(22)24-16(18)6/h10,13-14H,7-9,11-12H2,1-6H3,(H,20,23). The molecule has 136 valence electrons. The van der Waals surface area contributed by atoms with Crippen LogP contribution < -0.4 is 10.9 Å². The lowest BCUT2D eigenvalue weighted by Gasteiger charge is -2.26. The molecule has 1 rings (SSSR count). The lowest BCUT2D eigenvalue weighted by atomic mass is 10.1. The highest BCUT2D eigenvalue weighted by molar-refractivity contribution is 5.96. The Balaban J connectivity index is 2.51. The molecule has 0 bridgehead atoms. The van der Waals surface area contributed by atoms with E-state index in [4.69, 9.17) is 4.42 Å². The van der Waals surface area contributed by atoms with E-state index < -0.39 is 5.63 Å². The number of hydrogen-bond acceptors (Lipinski definition) is 4. The average molecular weight is 336 g/mol. The first-order valence-corrected chi connectivity index (χ1v) is 8.82. The highest BCUT2D eigenvalue weighted by Gasteiger charge is 2.15. The molecule has 0 saturated heterocycles. The number of amides is 1. The minimum atomic E-state index is -0.417. The van der Waals surface area contributed by atoms with Crippen LogP contribution in [0.25, 0.3) is 0 Å². The van der Waals surface area contributed by atoms with Crippen LogP contribution in [0.5, 0.6) is 0 Å². The fourth-order valence-electron chi connectivity index (χ4n) is 2.98. The normalized spacial score (nSPS) is 11.5. The van der Waals surface area contributed by atoms with Crippen molar-refractivity contribution in [1.29, 1.82) is 0 Å². The monoisotopic (exact) mass is 336 g/mol. The molecule has 1 N–H and O–H groups in total. The second-order valence-corrected chi connectivity index (χ2v) is 7.34. The van der Waals surface area contributed by atoms with Gasteiger partial charge in [0.2, 0.25) is 0 Å². The molecule has 5 nitrogen and oxygen atoms in total. The topological polar surface area (TPSA) is 62.6 Å². The largest absolute Gasteiger partial charge is 0.427 e. The van der Waals surface area contributed by atoms with E-state index >= 15 is 0 Å². The summed E-state index contributed by atoms with van der Waals surface area (Å²) in [6, 6.07) is 1.36. The number of rotatable bonds is 9. The Bertz CT molecular complexity index is 555. The van der Waals surface area contributed by atoms with Crippen LogP contribution in [0, 0.1) is 25.7 Å². The highest BCUT2D eigenvalue weighted by Crippen LogP contribution is 2.10. The van der Waals surface area contributed by atoms with Gasteiger partial charge in [0.05, 0.1) is 5.56 Å². The van der Waals surface area contributed by atoms with Crippen LogP contribution in [-0.4, -0.2) is 37.0 Å². The van der Waals surface area contributed by atoms with Crippen LogP contribution in [0.1, 0.15) is 55.8 Å². The van der Waals surface area contributed by atoms with Crippen molar-refractivity contribution >= 4 is 5.91 Å². The van der Waals surface area contributed by atoms with Crippen molar-refractivity contribution in [3.8, 4) is 0 Å². The zero-order valence-electron chi connectivity index (χ0n) is 15.9. The van der Waals surface area contributed by atoms with Crippen LogP contribution in [0.15, 0.2) is 15.3 Å². The molecular formula is C19H32N2O3. The fraction of sp³-hybridized carbons (Fsp3) is 0.684. The van der Waals surface area contributed by atoms with Crippen molar-refractivity contribution < 1.29 is 9.21 Å². The van der Waals surface area contributed by atoms with Gasteiger partial charge in [-0.1, -0.05) is 27.7 Å². The van der Waals surface area contributed by atoms with E-state index in [-0.39, 0.29) is 5.91 Å². The Morgan fingerprint density at radius 2 is 1.75 bits per heavy atom. The SMILES string of the molecule is Cc1cc(=O)oc(C)c1C(=O)NCCCN(CC(C)C)CC(C)C. The minimum Gasteiger partial charge on any atom is -0.427 e. The maximum atomic E-state index is 12.3. The molecule has 0 saturated carbocycles. The Labute approximate surface area is 145 Å². The predicted molar refractivity (Wildman–Crippen MR) is 97.5 cm³/mol. The maximum Gasteiger partial charge on any atom is 0.336 e. The van der Waals surface area contributed by atoms with Gasteiger partial charge in [0.1, 0.15) is 5.76 Å². The predicted octanol–water partition coefficient (Wildman–Crippen LogP) is 2.99. The molecule has 0 aliphatic carbocycles. The maximum absolute atomic E-state index is 12.3. The van der Waals surface area contributed by atoms with Gasteiger partial charge in [-0.3, -0.25) is 4.79 Å². The van der Waals surface area contributed by atoms with Gasteiger partial charge >= 0.3 is 5.63 Å². The van der Waals surface area contributed by atoms with Gasteiger partial charge in [-0.05, 0) is 44.2 Å². The highest BCUT2D eigenvalue weighted by atomic mass is 16.4. The number of carbonyl (C=O) groups is 1. The van der Waals surface area contributed by atoms with Crippen LogP contribution in [0.3, 0.4) is 0 Å². The summed E-state index contributed by atoms with van der Waals surface area (Å²) in [6.07, 6.45) is 0.903. The molecule has 0 aliphatic heterocycles. The van der Waals surface area contributed by atoms with E-state index in [0.717, 1.165) is 26.1 Å². The summed E-state index contributed by atoms with van der Waals surface area (Å²) in [7, 11) is 0. The lowest BCUT2D eigenvalue weighted by molar-refractivity contribution is 0.0946.